The zero-order valence-electron chi connectivity index (χ0n) is 12.3. The zero-order chi connectivity index (χ0) is 15.5. The van der Waals surface area contributed by atoms with Gasteiger partial charge >= 0.3 is 0 Å². The maximum Gasteiger partial charge on any atom is 0.142 e. The predicted octanol–water partition coefficient (Wildman–Crippen LogP) is 4.93. The minimum absolute atomic E-state index is 0.885. The quantitative estimate of drug-likeness (QED) is 0.538. The third-order valence-electron chi connectivity index (χ3n) is 3.52. The number of rotatable bonds is 3. The van der Waals surface area contributed by atoms with Gasteiger partial charge in [0.25, 0.3) is 0 Å². The van der Waals surface area contributed by atoms with Crippen LogP contribution in [0.3, 0.4) is 0 Å². The molecule has 0 unspecified atom stereocenters. The maximum absolute atomic E-state index is 4.65. The SMILES string of the molecule is c1ccc(-c2ccc(-c3nc(-c4ccccn4)cs3)nc2)cc1. The van der Waals surface area contributed by atoms with Crippen molar-refractivity contribution >= 4 is 11.3 Å². The molecule has 23 heavy (non-hydrogen) atoms. The molecule has 0 aliphatic heterocycles. The predicted molar refractivity (Wildman–Crippen MR) is 94.0 cm³/mol. The topological polar surface area (TPSA) is 38.7 Å². The monoisotopic (exact) mass is 315 g/mol. The van der Waals surface area contributed by atoms with E-state index in [4.69, 9.17) is 0 Å². The van der Waals surface area contributed by atoms with Crippen LogP contribution in [-0.4, -0.2) is 15.0 Å². The number of pyridine rings is 2. The first-order chi connectivity index (χ1) is 11.4. The van der Waals surface area contributed by atoms with Crippen LogP contribution in [0.25, 0.3) is 33.2 Å². The average molecular weight is 315 g/mol. The van der Waals surface area contributed by atoms with Crippen molar-refractivity contribution in [3.05, 3.63) is 78.4 Å². The summed E-state index contributed by atoms with van der Waals surface area (Å²) >= 11 is 1.59. The first-order valence-electron chi connectivity index (χ1n) is 7.29. The number of benzene rings is 1. The van der Waals surface area contributed by atoms with Gasteiger partial charge in [-0.15, -0.1) is 11.3 Å². The molecular weight excluding hydrogens is 302 g/mol. The summed E-state index contributed by atoms with van der Waals surface area (Å²) in [6.45, 7) is 0. The van der Waals surface area contributed by atoms with Gasteiger partial charge in [0.2, 0.25) is 0 Å². The molecule has 3 nitrogen and oxygen atoms in total. The summed E-state index contributed by atoms with van der Waals surface area (Å²) in [5.41, 5.74) is 4.93. The molecule has 0 spiro atoms. The summed E-state index contributed by atoms with van der Waals surface area (Å²) in [6, 6.07) is 20.2. The summed E-state index contributed by atoms with van der Waals surface area (Å²) in [4.78, 5) is 13.5. The van der Waals surface area contributed by atoms with Crippen LogP contribution in [0.4, 0.5) is 0 Å². The smallest absolute Gasteiger partial charge is 0.142 e. The van der Waals surface area contributed by atoms with Crippen molar-refractivity contribution in [2.45, 2.75) is 0 Å². The standard InChI is InChI=1S/C19H13N3S/c1-2-6-14(7-3-1)15-9-10-17(21-12-15)19-22-18(13-23-19)16-8-4-5-11-20-16/h1-13H. The normalized spacial score (nSPS) is 10.6. The number of hydrogen-bond donors (Lipinski definition) is 0. The van der Waals surface area contributed by atoms with E-state index in [9.17, 15) is 0 Å². The fourth-order valence-electron chi connectivity index (χ4n) is 2.35. The summed E-state index contributed by atoms with van der Waals surface area (Å²) in [6.07, 6.45) is 3.67. The van der Waals surface area contributed by atoms with Gasteiger partial charge in [0.15, 0.2) is 0 Å². The molecule has 110 valence electrons. The molecule has 0 amide bonds. The lowest BCUT2D eigenvalue weighted by Gasteiger charge is -2.01. The summed E-state index contributed by atoms with van der Waals surface area (Å²) in [5, 5.41) is 2.93. The van der Waals surface area contributed by atoms with Gasteiger partial charge in [0.1, 0.15) is 10.7 Å². The van der Waals surface area contributed by atoms with Gasteiger partial charge in [0.05, 0.1) is 11.4 Å². The van der Waals surface area contributed by atoms with Crippen LogP contribution in [-0.2, 0) is 0 Å². The van der Waals surface area contributed by atoms with Gasteiger partial charge in [-0.05, 0) is 23.8 Å². The van der Waals surface area contributed by atoms with Crippen molar-refractivity contribution in [1.29, 1.82) is 0 Å². The molecule has 4 aromatic rings. The molecule has 0 atom stereocenters. The Morgan fingerprint density at radius 1 is 0.652 bits per heavy atom. The highest BCUT2D eigenvalue weighted by molar-refractivity contribution is 7.13. The van der Waals surface area contributed by atoms with Crippen LogP contribution in [0.15, 0.2) is 78.4 Å². The van der Waals surface area contributed by atoms with E-state index in [-0.39, 0.29) is 0 Å². The minimum atomic E-state index is 0.885. The molecule has 0 fully saturated rings. The van der Waals surface area contributed by atoms with Crippen molar-refractivity contribution in [3.8, 4) is 33.2 Å². The van der Waals surface area contributed by atoms with Crippen molar-refractivity contribution < 1.29 is 0 Å². The van der Waals surface area contributed by atoms with Crippen LogP contribution < -0.4 is 0 Å². The Kier molecular flexibility index (Phi) is 3.66. The van der Waals surface area contributed by atoms with Crippen LogP contribution >= 0.6 is 11.3 Å². The van der Waals surface area contributed by atoms with E-state index in [2.05, 4.69) is 33.2 Å². The molecule has 0 bridgehead atoms. The van der Waals surface area contributed by atoms with Crippen LogP contribution in [0.5, 0.6) is 0 Å². The zero-order valence-corrected chi connectivity index (χ0v) is 13.1. The highest BCUT2D eigenvalue weighted by Crippen LogP contribution is 2.28. The van der Waals surface area contributed by atoms with E-state index in [1.807, 2.05) is 54.0 Å². The average Bonchev–Trinajstić information content (AvgIpc) is 3.14. The van der Waals surface area contributed by atoms with Gasteiger partial charge < -0.3 is 0 Å². The fraction of sp³-hybridized carbons (Fsp3) is 0. The van der Waals surface area contributed by atoms with Gasteiger partial charge in [-0.1, -0.05) is 42.5 Å². The number of aromatic nitrogens is 3. The molecule has 0 saturated carbocycles. The lowest BCUT2D eigenvalue weighted by atomic mass is 10.1. The second-order valence-electron chi connectivity index (χ2n) is 5.05. The molecular formula is C19H13N3S. The van der Waals surface area contributed by atoms with Crippen LogP contribution in [0.2, 0.25) is 0 Å². The molecule has 4 rings (SSSR count). The van der Waals surface area contributed by atoms with Crippen molar-refractivity contribution in [2.75, 3.05) is 0 Å². The van der Waals surface area contributed by atoms with E-state index in [1.54, 1.807) is 17.5 Å². The highest BCUT2D eigenvalue weighted by atomic mass is 32.1. The molecule has 0 saturated heterocycles. The molecule has 1 aromatic carbocycles. The lowest BCUT2D eigenvalue weighted by Crippen LogP contribution is -1.86. The number of hydrogen-bond acceptors (Lipinski definition) is 4. The van der Waals surface area contributed by atoms with Crippen LogP contribution in [0.1, 0.15) is 0 Å². The number of thiazole rings is 1. The first-order valence-corrected chi connectivity index (χ1v) is 8.17. The van der Waals surface area contributed by atoms with E-state index < -0.39 is 0 Å². The van der Waals surface area contributed by atoms with Gasteiger partial charge in [-0.25, -0.2) is 4.98 Å². The number of nitrogens with zero attached hydrogens (tertiary/aromatic N) is 3. The Morgan fingerprint density at radius 3 is 2.26 bits per heavy atom. The first kappa shape index (κ1) is 13.8. The fourth-order valence-corrected chi connectivity index (χ4v) is 3.13. The molecule has 0 N–H and O–H groups in total. The molecule has 3 heterocycles. The van der Waals surface area contributed by atoms with E-state index in [0.717, 1.165) is 27.7 Å². The Morgan fingerprint density at radius 2 is 1.52 bits per heavy atom. The lowest BCUT2D eigenvalue weighted by molar-refractivity contribution is 1.26. The summed E-state index contributed by atoms with van der Waals surface area (Å²) in [5.74, 6) is 0. The Hall–Kier alpha value is -2.85. The maximum atomic E-state index is 4.65. The van der Waals surface area contributed by atoms with E-state index >= 15 is 0 Å². The molecule has 0 aliphatic rings. The van der Waals surface area contributed by atoms with E-state index in [0.29, 0.717) is 0 Å². The van der Waals surface area contributed by atoms with E-state index in [1.165, 1.54) is 5.56 Å². The molecule has 4 heteroatoms. The second-order valence-corrected chi connectivity index (χ2v) is 5.91. The Bertz CT molecular complexity index is 900. The Labute approximate surface area is 138 Å². The second kappa shape index (κ2) is 6.10. The van der Waals surface area contributed by atoms with Crippen LogP contribution in [0, 0.1) is 0 Å². The highest BCUT2D eigenvalue weighted by Gasteiger charge is 2.08. The molecule has 3 aromatic heterocycles. The van der Waals surface area contributed by atoms with Crippen molar-refractivity contribution in [1.82, 2.24) is 15.0 Å². The van der Waals surface area contributed by atoms with Crippen molar-refractivity contribution in [2.24, 2.45) is 0 Å². The van der Waals surface area contributed by atoms with Gasteiger partial charge in [-0.2, -0.15) is 0 Å². The third-order valence-corrected chi connectivity index (χ3v) is 4.39. The molecule has 0 aliphatic carbocycles. The minimum Gasteiger partial charge on any atom is -0.255 e. The Balaban J connectivity index is 1.63. The van der Waals surface area contributed by atoms with Crippen molar-refractivity contribution in [3.63, 3.8) is 0 Å². The molecule has 0 radical (unpaired) electrons. The summed E-state index contributed by atoms with van der Waals surface area (Å²) in [7, 11) is 0. The third kappa shape index (κ3) is 2.89. The van der Waals surface area contributed by atoms with Gasteiger partial charge in [0, 0.05) is 23.3 Å². The van der Waals surface area contributed by atoms with Gasteiger partial charge in [-0.3, -0.25) is 9.97 Å². The summed E-state index contributed by atoms with van der Waals surface area (Å²) < 4.78 is 0. The largest absolute Gasteiger partial charge is 0.255 e.